The normalized spacial score (nSPS) is 17.2. The average molecular weight is 361 g/mol. The highest BCUT2D eigenvalue weighted by atomic mass is 35.5. The number of pyridine rings is 1. The van der Waals surface area contributed by atoms with Crippen molar-refractivity contribution >= 4 is 17.5 Å². The quantitative estimate of drug-likeness (QED) is 0.820. The van der Waals surface area contributed by atoms with Crippen LogP contribution in [0.1, 0.15) is 18.4 Å². The molecule has 1 atom stereocenters. The van der Waals surface area contributed by atoms with Gasteiger partial charge in [-0.3, -0.25) is 9.78 Å². The number of aromatic nitrogens is 1. The van der Waals surface area contributed by atoms with Gasteiger partial charge in [-0.25, -0.2) is 0 Å². The molecule has 2 aromatic rings. The molecular weight excluding hydrogens is 340 g/mol. The van der Waals surface area contributed by atoms with Crippen LogP contribution in [-0.2, 0) is 11.2 Å². The van der Waals surface area contributed by atoms with E-state index in [0.717, 1.165) is 30.7 Å². The molecule has 1 fully saturated rings. The Morgan fingerprint density at radius 1 is 1.32 bits per heavy atom. The number of piperidine rings is 1. The molecule has 25 heavy (non-hydrogen) atoms. The van der Waals surface area contributed by atoms with Gasteiger partial charge >= 0.3 is 0 Å². The van der Waals surface area contributed by atoms with Gasteiger partial charge in [-0.1, -0.05) is 29.8 Å². The highest BCUT2D eigenvalue weighted by molar-refractivity contribution is 6.31. The number of likely N-dealkylation sites (tertiary alicyclic amines) is 1. The molecule has 0 spiro atoms. The second-order valence-corrected chi connectivity index (χ2v) is 6.42. The number of ether oxygens (including phenoxy) is 2. The van der Waals surface area contributed by atoms with E-state index in [4.69, 9.17) is 21.1 Å². The van der Waals surface area contributed by atoms with Gasteiger partial charge in [0.05, 0.1) is 20.1 Å². The lowest BCUT2D eigenvalue weighted by molar-refractivity contribution is -0.133. The Hall–Kier alpha value is -2.27. The summed E-state index contributed by atoms with van der Waals surface area (Å²) in [4.78, 5) is 18.5. The molecule has 0 bridgehead atoms. The molecule has 0 saturated carbocycles. The number of para-hydroxylation sites is 1. The van der Waals surface area contributed by atoms with E-state index in [0.29, 0.717) is 23.7 Å². The van der Waals surface area contributed by atoms with Crippen molar-refractivity contribution in [3.05, 3.63) is 53.3 Å². The fourth-order valence-corrected chi connectivity index (χ4v) is 3.19. The van der Waals surface area contributed by atoms with Crippen molar-refractivity contribution < 1.29 is 14.3 Å². The van der Waals surface area contributed by atoms with Gasteiger partial charge in [0.25, 0.3) is 0 Å². The van der Waals surface area contributed by atoms with Gasteiger partial charge in [-0.05, 0) is 18.9 Å². The number of nitrogens with zero attached hydrogens (tertiary/aromatic N) is 2. The predicted molar refractivity (Wildman–Crippen MR) is 96.2 cm³/mol. The number of methoxy groups -OCH3 is 1. The maximum Gasteiger partial charge on any atom is 0.227 e. The van der Waals surface area contributed by atoms with Gasteiger partial charge in [0, 0.05) is 30.6 Å². The standard InChI is InChI=1S/C19H21ClN2O3/c1-24-17-7-3-2-5-14(17)11-19(23)22-10-4-6-15(13-22)25-18-8-9-21-12-16(18)20/h2-3,5,7-9,12,15H,4,6,10-11,13H2,1H3. The maximum absolute atomic E-state index is 12.7. The highest BCUT2D eigenvalue weighted by Gasteiger charge is 2.26. The molecule has 5 nitrogen and oxygen atoms in total. The number of hydrogen-bond acceptors (Lipinski definition) is 4. The number of carbonyl (C=O) groups excluding carboxylic acids is 1. The van der Waals surface area contributed by atoms with Crippen LogP contribution in [-0.4, -0.2) is 42.1 Å². The summed E-state index contributed by atoms with van der Waals surface area (Å²) in [6.07, 6.45) is 5.28. The topological polar surface area (TPSA) is 51.7 Å². The Morgan fingerprint density at radius 2 is 2.16 bits per heavy atom. The molecule has 1 amide bonds. The van der Waals surface area contributed by atoms with Crippen molar-refractivity contribution in [1.29, 1.82) is 0 Å². The third-order valence-corrected chi connectivity index (χ3v) is 4.58. The summed E-state index contributed by atoms with van der Waals surface area (Å²) in [5.74, 6) is 1.43. The Morgan fingerprint density at radius 3 is 2.96 bits per heavy atom. The van der Waals surface area contributed by atoms with E-state index in [9.17, 15) is 4.79 Å². The monoisotopic (exact) mass is 360 g/mol. The SMILES string of the molecule is COc1ccccc1CC(=O)N1CCCC(Oc2ccncc2Cl)C1. The maximum atomic E-state index is 12.7. The summed E-state index contributed by atoms with van der Waals surface area (Å²) in [5, 5.41) is 0.486. The molecule has 1 aromatic carbocycles. The zero-order valence-electron chi connectivity index (χ0n) is 14.2. The number of benzene rings is 1. The van der Waals surface area contributed by atoms with Crippen LogP contribution in [0.5, 0.6) is 11.5 Å². The lowest BCUT2D eigenvalue weighted by Crippen LogP contribution is -2.45. The predicted octanol–water partition coefficient (Wildman–Crippen LogP) is 3.36. The van der Waals surface area contributed by atoms with E-state index in [-0.39, 0.29) is 12.0 Å². The van der Waals surface area contributed by atoms with E-state index in [1.54, 1.807) is 25.6 Å². The molecule has 1 unspecified atom stereocenters. The van der Waals surface area contributed by atoms with Gasteiger partial charge in [0.15, 0.2) is 0 Å². The molecule has 0 aliphatic carbocycles. The molecule has 1 aliphatic rings. The van der Waals surface area contributed by atoms with Gasteiger partial charge in [0.2, 0.25) is 5.91 Å². The minimum atomic E-state index is -0.0599. The Kier molecular flexibility index (Phi) is 5.76. The summed E-state index contributed by atoms with van der Waals surface area (Å²) < 4.78 is 11.3. The van der Waals surface area contributed by atoms with E-state index in [1.807, 2.05) is 29.2 Å². The summed E-state index contributed by atoms with van der Waals surface area (Å²) in [7, 11) is 1.62. The minimum Gasteiger partial charge on any atom is -0.496 e. The van der Waals surface area contributed by atoms with Crippen molar-refractivity contribution in [2.24, 2.45) is 0 Å². The number of carbonyl (C=O) groups is 1. The second-order valence-electron chi connectivity index (χ2n) is 6.02. The minimum absolute atomic E-state index is 0.0599. The highest BCUT2D eigenvalue weighted by Crippen LogP contribution is 2.26. The van der Waals surface area contributed by atoms with Gasteiger partial charge in [0.1, 0.15) is 22.6 Å². The van der Waals surface area contributed by atoms with E-state index >= 15 is 0 Å². The molecule has 132 valence electrons. The molecular formula is C19H21ClN2O3. The number of amides is 1. The molecule has 1 aliphatic heterocycles. The van der Waals surface area contributed by atoms with Crippen molar-refractivity contribution in [1.82, 2.24) is 9.88 Å². The van der Waals surface area contributed by atoms with Crippen LogP contribution in [0.25, 0.3) is 0 Å². The summed E-state index contributed by atoms with van der Waals surface area (Å²) in [6.45, 7) is 1.31. The third-order valence-electron chi connectivity index (χ3n) is 4.29. The summed E-state index contributed by atoms with van der Waals surface area (Å²) in [5.41, 5.74) is 0.898. The molecule has 0 radical (unpaired) electrons. The fraction of sp³-hybridized carbons (Fsp3) is 0.368. The first-order chi connectivity index (χ1) is 12.2. The number of halogens is 1. The van der Waals surface area contributed by atoms with Crippen molar-refractivity contribution in [2.75, 3.05) is 20.2 Å². The number of hydrogen-bond donors (Lipinski definition) is 0. The van der Waals surface area contributed by atoms with Gasteiger partial charge in [-0.2, -0.15) is 0 Å². The largest absolute Gasteiger partial charge is 0.496 e. The molecule has 6 heteroatoms. The Bertz CT molecular complexity index is 738. The average Bonchev–Trinajstić information content (AvgIpc) is 2.64. The Labute approximate surface area is 152 Å². The third kappa shape index (κ3) is 4.42. The first kappa shape index (κ1) is 17.5. The van der Waals surface area contributed by atoms with E-state index in [2.05, 4.69) is 4.98 Å². The zero-order valence-corrected chi connectivity index (χ0v) is 14.9. The van der Waals surface area contributed by atoms with Crippen LogP contribution < -0.4 is 9.47 Å². The van der Waals surface area contributed by atoms with Gasteiger partial charge < -0.3 is 14.4 Å². The van der Waals surface area contributed by atoms with Crippen LogP contribution in [0.4, 0.5) is 0 Å². The first-order valence-corrected chi connectivity index (χ1v) is 8.71. The van der Waals surface area contributed by atoms with E-state index < -0.39 is 0 Å². The van der Waals surface area contributed by atoms with Crippen molar-refractivity contribution in [2.45, 2.75) is 25.4 Å². The molecule has 3 rings (SSSR count). The lowest BCUT2D eigenvalue weighted by Gasteiger charge is -2.33. The van der Waals surface area contributed by atoms with E-state index in [1.165, 1.54) is 0 Å². The zero-order chi connectivity index (χ0) is 17.6. The van der Waals surface area contributed by atoms with Crippen molar-refractivity contribution in [3.8, 4) is 11.5 Å². The molecule has 1 aromatic heterocycles. The molecule has 2 heterocycles. The van der Waals surface area contributed by atoms with Crippen molar-refractivity contribution in [3.63, 3.8) is 0 Å². The smallest absolute Gasteiger partial charge is 0.227 e. The number of rotatable bonds is 5. The second kappa shape index (κ2) is 8.21. The Balaban J connectivity index is 1.63. The molecule has 0 N–H and O–H groups in total. The fourth-order valence-electron chi connectivity index (χ4n) is 3.02. The first-order valence-electron chi connectivity index (χ1n) is 8.33. The van der Waals surface area contributed by atoms with Crippen LogP contribution in [0, 0.1) is 0 Å². The van der Waals surface area contributed by atoms with Crippen LogP contribution in [0.15, 0.2) is 42.7 Å². The summed E-state index contributed by atoms with van der Waals surface area (Å²) in [6, 6.07) is 9.36. The molecule has 1 saturated heterocycles. The summed E-state index contributed by atoms with van der Waals surface area (Å²) >= 11 is 6.10. The van der Waals surface area contributed by atoms with Crippen LogP contribution >= 0.6 is 11.6 Å². The van der Waals surface area contributed by atoms with Crippen LogP contribution in [0.3, 0.4) is 0 Å². The van der Waals surface area contributed by atoms with Gasteiger partial charge in [-0.15, -0.1) is 0 Å². The van der Waals surface area contributed by atoms with Crippen LogP contribution in [0.2, 0.25) is 5.02 Å². The lowest BCUT2D eigenvalue weighted by atomic mass is 10.1.